The van der Waals surface area contributed by atoms with Crippen molar-refractivity contribution in [1.29, 1.82) is 0 Å². The van der Waals surface area contributed by atoms with Crippen LogP contribution >= 0.6 is 0 Å². The summed E-state index contributed by atoms with van der Waals surface area (Å²) in [6.45, 7) is 0. The van der Waals surface area contributed by atoms with Gasteiger partial charge < -0.3 is 0 Å². The van der Waals surface area contributed by atoms with E-state index in [1.807, 2.05) is 0 Å². The number of hydrogen-bond acceptors (Lipinski definition) is 8. The molecule has 3 rings (SSSR count). The number of benzene rings is 2. The number of carbonyl (C=O) groups excluding carboxylic acids is 2. The third kappa shape index (κ3) is 5.11. The summed E-state index contributed by atoms with van der Waals surface area (Å²) in [6.07, 6.45) is 2.47. The Morgan fingerprint density at radius 3 is 1.40 bits per heavy atom. The summed E-state index contributed by atoms with van der Waals surface area (Å²) in [4.78, 5) is 45.7. The van der Waals surface area contributed by atoms with Gasteiger partial charge in [-0.2, -0.15) is 0 Å². The van der Waals surface area contributed by atoms with E-state index in [4.69, 9.17) is 6.20 Å². The van der Waals surface area contributed by atoms with Crippen LogP contribution in [0.2, 0.25) is 8.94 Å². The van der Waals surface area contributed by atoms with Crippen molar-refractivity contribution in [3.63, 3.8) is 0 Å². The van der Waals surface area contributed by atoms with Gasteiger partial charge in [-0.15, -0.1) is 0 Å². The van der Waals surface area contributed by atoms with E-state index in [1.54, 1.807) is 0 Å². The van der Waals surface area contributed by atoms with Crippen LogP contribution in [0.3, 0.4) is 0 Å². The van der Waals surface area contributed by atoms with Gasteiger partial charge in [0.2, 0.25) is 0 Å². The number of rotatable bonds is 6. The van der Waals surface area contributed by atoms with Gasteiger partial charge in [-0.25, -0.2) is 0 Å². The molecule has 10 nitrogen and oxygen atoms in total. The first-order valence-corrected chi connectivity index (χ1v) is 14.2. The first-order valence-electron chi connectivity index (χ1n) is 9.05. The molecule has 0 aliphatic carbocycles. The molecule has 0 saturated carbocycles. The monoisotopic (exact) mass is 532 g/mol. The van der Waals surface area contributed by atoms with Crippen LogP contribution in [0.1, 0.15) is 40.0 Å². The second-order valence-corrected chi connectivity index (χ2v) is 14.1. The van der Waals surface area contributed by atoms with E-state index >= 15 is 0 Å². The third-order valence-corrected chi connectivity index (χ3v) is 12.3. The van der Waals surface area contributed by atoms with Gasteiger partial charge in [0.15, 0.2) is 0 Å². The van der Waals surface area contributed by atoms with E-state index in [0.29, 0.717) is 8.94 Å². The predicted molar refractivity (Wildman–Crippen MR) is 106 cm³/mol. The zero-order valence-corrected chi connectivity index (χ0v) is 18.1. The fourth-order valence-corrected chi connectivity index (χ4v) is 10.3. The summed E-state index contributed by atoms with van der Waals surface area (Å²) in [6, 6.07) is 10.0. The van der Waals surface area contributed by atoms with Gasteiger partial charge in [-0.3, -0.25) is 0 Å². The molecule has 30 heavy (non-hydrogen) atoms. The van der Waals surface area contributed by atoms with Gasteiger partial charge in [0.05, 0.1) is 0 Å². The van der Waals surface area contributed by atoms with Crippen LogP contribution < -0.4 is 0 Å². The minimum atomic E-state index is -3.86. The number of non-ortho nitro benzene ring substituents is 2. The molecule has 158 valence electrons. The van der Waals surface area contributed by atoms with Crippen molar-refractivity contribution in [2.75, 3.05) is 0 Å². The first kappa shape index (κ1) is 21.7. The molecule has 0 N–H and O–H groups in total. The normalized spacial score (nSPS) is 16.1. The molecule has 1 heterocycles. The summed E-state index contributed by atoms with van der Waals surface area (Å²) in [7, 11) is 0. The van der Waals surface area contributed by atoms with Crippen LogP contribution in [0.5, 0.6) is 0 Å². The number of nitro groups is 2. The molecule has 0 bridgehead atoms. The fourth-order valence-electron chi connectivity index (χ4n) is 2.92. The second-order valence-electron chi connectivity index (χ2n) is 6.56. The second kappa shape index (κ2) is 9.19. The van der Waals surface area contributed by atoms with Crippen molar-refractivity contribution < 1.29 is 25.6 Å². The predicted octanol–water partition coefficient (Wildman–Crippen LogP) is 4.14. The van der Waals surface area contributed by atoms with E-state index < -0.39 is 40.8 Å². The summed E-state index contributed by atoms with van der Waals surface area (Å²) in [5.74, 6) is -1.35. The minimum absolute atomic E-state index is 0.142. The topological polar surface area (TPSA) is 139 Å². The van der Waals surface area contributed by atoms with Crippen LogP contribution in [-0.4, -0.2) is 40.8 Å². The molecule has 0 amide bonds. The average molecular weight is 530 g/mol. The quantitative estimate of drug-likeness (QED) is 0.309. The number of nitrogens with zero attached hydrogens (tertiary/aromatic N) is 2. The van der Waals surface area contributed by atoms with Crippen LogP contribution in [0.25, 0.3) is 0 Å². The molecule has 0 spiro atoms. The Labute approximate surface area is 176 Å². The van der Waals surface area contributed by atoms with Crippen LogP contribution in [-0.2, 0) is 6.20 Å². The number of nitro benzene ring substituents is 2. The van der Waals surface area contributed by atoms with Crippen molar-refractivity contribution in [1.82, 2.24) is 0 Å². The Balaban J connectivity index is 1.76. The molecule has 0 radical (unpaired) electrons. The average Bonchev–Trinajstić information content (AvgIpc) is 2.74. The van der Waals surface area contributed by atoms with Gasteiger partial charge in [0, 0.05) is 0 Å². The molecule has 2 aromatic carbocycles. The molecule has 1 aliphatic heterocycles. The maximum absolute atomic E-state index is 12.6. The first-order chi connectivity index (χ1) is 14.3. The van der Waals surface area contributed by atoms with Crippen molar-refractivity contribution in [2.24, 2.45) is 0 Å². The van der Waals surface area contributed by atoms with E-state index in [2.05, 4.69) is 0 Å². The van der Waals surface area contributed by atoms with Crippen molar-refractivity contribution in [3.05, 3.63) is 79.9 Å². The van der Waals surface area contributed by atoms with Gasteiger partial charge in [0.25, 0.3) is 0 Å². The maximum atomic E-state index is 12.6. The molecule has 11 heteroatoms. The van der Waals surface area contributed by atoms with Crippen molar-refractivity contribution >= 4 is 42.3 Å². The molecule has 1 saturated heterocycles. The molecular formula is C19H18N2O8Te. The molecule has 0 unspecified atom stereocenters. The Morgan fingerprint density at radius 2 is 1.07 bits per heavy atom. The standard InChI is InChI=1S/C19H18N2O8Te/c22-18(14-4-8-16(9-5-14)20(24)25)28-30(12-2-1-3-13-30)29-19(23)15-6-10-17(11-7-15)21(26)27/h4-11H,1-3,12-13H2. The Kier molecular flexibility index (Phi) is 6.64. The van der Waals surface area contributed by atoms with E-state index in [-0.39, 0.29) is 22.5 Å². The van der Waals surface area contributed by atoms with E-state index in [1.165, 1.54) is 48.5 Å². The summed E-state index contributed by atoms with van der Waals surface area (Å²) < 4.78 is 12.5. The SMILES string of the molecule is O=C(O[Te]1(OC(=O)c2ccc([N+](=O)[O-])cc2)CCCCC1)c1ccc([N+](=O)[O-])cc1. The van der Waals surface area contributed by atoms with E-state index in [9.17, 15) is 29.8 Å². The zero-order chi connectivity index (χ0) is 21.7. The molecular weight excluding hydrogens is 512 g/mol. The Hall–Kier alpha value is -3.03. The third-order valence-electron chi connectivity index (χ3n) is 4.49. The number of carbonyl (C=O) groups is 2. The zero-order valence-electron chi connectivity index (χ0n) is 15.7. The van der Waals surface area contributed by atoms with Crippen LogP contribution in [0.4, 0.5) is 11.4 Å². The fraction of sp³-hybridized carbons (Fsp3) is 0.263. The Bertz CT molecular complexity index is 896. The summed E-state index contributed by atoms with van der Waals surface area (Å²) in [5.41, 5.74) is -0.0120. The van der Waals surface area contributed by atoms with E-state index in [0.717, 1.165) is 19.3 Å². The van der Waals surface area contributed by atoms with Crippen molar-refractivity contribution in [2.45, 2.75) is 28.2 Å². The number of hydrogen-bond donors (Lipinski definition) is 0. The summed E-state index contributed by atoms with van der Waals surface area (Å²) >= 11 is -3.86. The molecule has 2 aromatic rings. The molecule has 0 atom stereocenters. The van der Waals surface area contributed by atoms with Crippen LogP contribution in [0, 0.1) is 20.2 Å². The van der Waals surface area contributed by atoms with Gasteiger partial charge in [-0.1, -0.05) is 0 Å². The van der Waals surface area contributed by atoms with Crippen LogP contribution in [0.15, 0.2) is 48.5 Å². The van der Waals surface area contributed by atoms with Gasteiger partial charge >= 0.3 is 176 Å². The molecule has 1 fully saturated rings. The molecule has 0 aromatic heterocycles. The van der Waals surface area contributed by atoms with Crippen molar-refractivity contribution in [3.8, 4) is 0 Å². The summed E-state index contributed by atoms with van der Waals surface area (Å²) in [5, 5.41) is 21.5. The van der Waals surface area contributed by atoms with Gasteiger partial charge in [-0.05, 0) is 0 Å². The van der Waals surface area contributed by atoms with Gasteiger partial charge in [0.1, 0.15) is 0 Å². The molecule has 1 aliphatic rings. The Morgan fingerprint density at radius 1 is 0.700 bits per heavy atom.